The molecule has 0 spiro atoms. The molecule has 2 aromatic heterocycles. The average Bonchev–Trinajstić information content (AvgIpc) is 2.87. The third kappa shape index (κ3) is 2.51. The average molecular weight is 314 g/mol. The molecule has 22 heavy (non-hydrogen) atoms. The van der Waals surface area contributed by atoms with Gasteiger partial charge in [-0.05, 0) is 33.8 Å². The van der Waals surface area contributed by atoms with E-state index in [0.29, 0.717) is 5.35 Å². The van der Waals surface area contributed by atoms with Crippen LogP contribution < -0.4 is 15.3 Å². The van der Waals surface area contributed by atoms with Gasteiger partial charge in [-0.3, -0.25) is 4.98 Å². The highest BCUT2D eigenvalue weighted by molar-refractivity contribution is 7.12. The predicted octanol–water partition coefficient (Wildman–Crippen LogP) is 1.32. The third-order valence-corrected chi connectivity index (χ3v) is 5.28. The monoisotopic (exact) mass is 314 g/mol. The maximum Gasteiger partial charge on any atom is 0.496 e. The third-order valence-electron chi connectivity index (χ3n) is 4.31. The van der Waals surface area contributed by atoms with Gasteiger partial charge in [0.15, 0.2) is 0 Å². The Kier molecular flexibility index (Phi) is 3.51. The van der Waals surface area contributed by atoms with E-state index < -0.39 is 7.12 Å². The lowest BCUT2D eigenvalue weighted by atomic mass is 9.80. The van der Waals surface area contributed by atoms with Gasteiger partial charge in [0.25, 0.3) is 0 Å². The van der Waals surface area contributed by atoms with E-state index in [9.17, 15) is 0 Å². The van der Waals surface area contributed by atoms with Crippen LogP contribution in [0.1, 0.15) is 27.7 Å². The molecule has 0 bridgehead atoms. The largest absolute Gasteiger partial charge is 0.496 e. The second-order valence-corrected chi connectivity index (χ2v) is 7.54. The Labute approximate surface area is 134 Å². The summed E-state index contributed by atoms with van der Waals surface area (Å²) in [5.74, 6) is 0. The number of aromatic nitrogens is 2. The standard InChI is InChI=1S/C16H19BN2O2S/c1-10-11(2)22-14(19-10)13-8-7-12(9-18-13)17-20-15(3,4)16(5,6)21-17/h7-9H,1-2H2,3-6H3. The molecular weight excluding hydrogens is 295 g/mol. The molecule has 0 atom stereocenters. The Morgan fingerprint density at radius 3 is 2.18 bits per heavy atom. The quantitative estimate of drug-likeness (QED) is 0.785. The maximum atomic E-state index is 6.02. The minimum absolute atomic E-state index is 0.350. The van der Waals surface area contributed by atoms with Crippen LogP contribution in [0, 0.1) is 0 Å². The Morgan fingerprint density at radius 1 is 1.09 bits per heavy atom. The van der Waals surface area contributed by atoms with Crippen LogP contribution in [0.2, 0.25) is 0 Å². The van der Waals surface area contributed by atoms with E-state index in [2.05, 4.69) is 23.1 Å². The van der Waals surface area contributed by atoms with Gasteiger partial charge in [0.1, 0.15) is 5.01 Å². The smallest absolute Gasteiger partial charge is 0.399 e. The molecule has 0 aromatic carbocycles. The normalized spacial score (nSPS) is 19.5. The zero-order valence-electron chi connectivity index (χ0n) is 13.3. The van der Waals surface area contributed by atoms with Crippen LogP contribution in [0.15, 0.2) is 18.3 Å². The van der Waals surface area contributed by atoms with Gasteiger partial charge in [0, 0.05) is 16.2 Å². The van der Waals surface area contributed by atoms with Gasteiger partial charge in [-0.2, -0.15) is 0 Å². The SMILES string of the molecule is C=c1nc(-c2ccc(B3OC(C)(C)C(C)(C)O3)cn2)sc1=C. The fourth-order valence-corrected chi connectivity index (χ4v) is 2.92. The zero-order valence-corrected chi connectivity index (χ0v) is 14.2. The molecule has 2 aromatic rings. The summed E-state index contributed by atoms with van der Waals surface area (Å²) >= 11 is 1.50. The Bertz CT molecular complexity index is 755. The summed E-state index contributed by atoms with van der Waals surface area (Å²) < 4.78 is 12.9. The second kappa shape index (κ2) is 5.01. The van der Waals surface area contributed by atoms with Gasteiger partial charge in [-0.1, -0.05) is 19.2 Å². The van der Waals surface area contributed by atoms with E-state index in [1.54, 1.807) is 6.20 Å². The Morgan fingerprint density at radius 2 is 1.73 bits per heavy atom. The summed E-state index contributed by atoms with van der Waals surface area (Å²) in [4.78, 5) is 8.85. The van der Waals surface area contributed by atoms with Crippen LogP contribution in [0.3, 0.4) is 0 Å². The van der Waals surface area contributed by atoms with Crippen LogP contribution in [0.25, 0.3) is 23.9 Å². The highest BCUT2D eigenvalue weighted by Gasteiger charge is 2.51. The van der Waals surface area contributed by atoms with Crippen LogP contribution in [0.5, 0.6) is 0 Å². The summed E-state index contributed by atoms with van der Waals surface area (Å²) in [5.41, 5.74) is 1.02. The lowest BCUT2D eigenvalue weighted by Gasteiger charge is -2.32. The van der Waals surface area contributed by atoms with Gasteiger partial charge in [-0.15, -0.1) is 11.3 Å². The van der Waals surface area contributed by atoms with Gasteiger partial charge in [0.05, 0.1) is 22.2 Å². The Hall–Kier alpha value is -1.50. The van der Waals surface area contributed by atoms with E-state index in [1.807, 2.05) is 39.8 Å². The van der Waals surface area contributed by atoms with Crippen molar-refractivity contribution in [2.75, 3.05) is 0 Å². The highest BCUT2D eigenvalue weighted by Crippen LogP contribution is 2.36. The highest BCUT2D eigenvalue weighted by atomic mass is 32.1. The van der Waals surface area contributed by atoms with Gasteiger partial charge < -0.3 is 9.31 Å². The number of nitrogens with zero attached hydrogens (tertiary/aromatic N) is 2. The van der Waals surface area contributed by atoms with Crippen molar-refractivity contribution in [2.24, 2.45) is 0 Å². The molecule has 0 N–H and O–H groups in total. The maximum absolute atomic E-state index is 6.02. The summed E-state index contributed by atoms with van der Waals surface area (Å²) in [6.45, 7) is 15.9. The minimum atomic E-state index is -0.394. The molecule has 0 unspecified atom stereocenters. The van der Waals surface area contributed by atoms with Crippen molar-refractivity contribution in [3.05, 3.63) is 28.2 Å². The van der Waals surface area contributed by atoms with Crippen molar-refractivity contribution < 1.29 is 9.31 Å². The molecule has 3 rings (SSSR count). The molecule has 0 radical (unpaired) electrons. The molecule has 1 saturated heterocycles. The van der Waals surface area contributed by atoms with Crippen molar-refractivity contribution in [1.29, 1.82) is 0 Å². The van der Waals surface area contributed by atoms with E-state index in [0.717, 1.165) is 20.7 Å². The van der Waals surface area contributed by atoms with E-state index in [-0.39, 0.29) is 11.2 Å². The molecular formula is C16H19BN2O2S. The first-order valence-electron chi connectivity index (χ1n) is 7.16. The summed E-state index contributed by atoms with van der Waals surface area (Å²) in [7, 11) is -0.394. The lowest BCUT2D eigenvalue weighted by molar-refractivity contribution is 0.00578. The van der Waals surface area contributed by atoms with Gasteiger partial charge >= 0.3 is 7.12 Å². The predicted molar refractivity (Wildman–Crippen MR) is 91.4 cm³/mol. The molecule has 0 amide bonds. The molecule has 3 heterocycles. The van der Waals surface area contributed by atoms with Crippen molar-refractivity contribution in [2.45, 2.75) is 38.9 Å². The summed E-state index contributed by atoms with van der Waals surface area (Å²) in [5, 5.41) is 1.53. The van der Waals surface area contributed by atoms with Crippen LogP contribution in [0.4, 0.5) is 0 Å². The number of pyridine rings is 1. The second-order valence-electron chi connectivity index (χ2n) is 6.45. The molecule has 1 fully saturated rings. The molecule has 114 valence electrons. The van der Waals surface area contributed by atoms with Crippen LogP contribution in [-0.2, 0) is 9.31 Å². The number of thiazole rings is 1. The lowest BCUT2D eigenvalue weighted by Crippen LogP contribution is -2.41. The van der Waals surface area contributed by atoms with Crippen molar-refractivity contribution in [3.63, 3.8) is 0 Å². The van der Waals surface area contributed by atoms with Gasteiger partial charge in [-0.25, -0.2) is 4.98 Å². The first-order chi connectivity index (χ1) is 10.2. The summed E-state index contributed by atoms with van der Waals surface area (Å²) in [6.07, 6.45) is 1.78. The van der Waals surface area contributed by atoms with E-state index in [4.69, 9.17) is 9.31 Å². The first-order valence-corrected chi connectivity index (χ1v) is 7.98. The molecule has 1 aliphatic heterocycles. The van der Waals surface area contributed by atoms with Crippen molar-refractivity contribution in [1.82, 2.24) is 9.97 Å². The summed E-state index contributed by atoms with van der Waals surface area (Å²) in [6, 6.07) is 3.90. The fourth-order valence-electron chi connectivity index (χ4n) is 2.14. The number of hydrogen-bond donors (Lipinski definition) is 0. The van der Waals surface area contributed by atoms with E-state index >= 15 is 0 Å². The zero-order chi connectivity index (χ0) is 16.1. The molecule has 0 saturated carbocycles. The Balaban J connectivity index is 1.87. The van der Waals surface area contributed by atoms with Crippen molar-refractivity contribution >= 4 is 37.1 Å². The van der Waals surface area contributed by atoms with Crippen LogP contribution >= 0.6 is 11.3 Å². The fraction of sp³-hybridized carbons (Fsp3) is 0.375. The number of hydrogen-bond acceptors (Lipinski definition) is 5. The molecule has 1 aliphatic rings. The van der Waals surface area contributed by atoms with Crippen molar-refractivity contribution in [3.8, 4) is 10.7 Å². The number of rotatable bonds is 2. The van der Waals surface area contributed by atoms with Crippen LogP contribution in [-0.4, -0.2) is 28.3 Å². The molecule has 0 aliphatic carbocycles. The van der Waals surface area contributed by atoms with E-state index in [1.165, 1.54) is 11.3 Å². The van der Waals surface area contributed by atoms with Gasteiger partial charge in [0.2, 0.25) is 0 Å². The first kappa shape index (κ1) is 15.4. The topological polar surface area (TPSA) is 44.2 Å². The molecule has 6 heteroatoms. The minimum Gasteiger partial charge on any atom is -0.399 e. The molecule has 4 nitrogen and oxygen atoms in total.